The van der Waals surface area contributed by atoms with E-state index in [1.54, 1.807) is 6.26 Å². The van der Waals surface area contributed by atoms with Crippen LogP contribution in [0.5, 0.6) is 0 Å². The molecule has 3 aliphatic rings. The molecule has 7 nitrogen and oxygen atoms in total. The molecule has 3 aromatic rings. The van der Waals surface area contributed by atoms with E-state index in [0.29, 0.717) is 18.4 Å². The van der Waals surface area contributed by atoms with Crippen molar-refractivity contribution in [3.63, 3.8) is 0 Å². The molecule has 1 aromatic carbocycles. The Morgan fingerprint density at radius 1 is 1.27 bits per heavy atom. The number of furan rings is 1. The van der Waals surface area contributed by atoms with Gasteiger partial charge in [0, 0.05) is 36.9 Å². The Bertz CT molecular complexity index is 999. The molecule has 4 unspecified atom stereocenters. The molecule has 0 saturated carbocycles. The maximum absolute atomic E-state index is 12.1. The van der Waals surface area contributed by atoms with Gasteiger partial charge in [0.05, 0.1) is 6.26 Å². The minimum Gasteiger partial charge on any atom is -0.463 e. The zero-order chi connectivity index (χ0) is 20.5. The van der Waals surface area contributed by atoms with Crippen molar-refractivity contribution in [1.82, 2.24) is 14.7 Å². The number of hydrogen-bond donors (Lipinski definition) is 1. The van der Waals surface area contributed by atoms with Crippen LogP contribution in [-0.2, 0) is 11.8 Å². The quantitative estimate of drug-likeness (QED) is 0.690. The van der Waals surface area contributed by atoms with Crippen LogP contribution in [0.2, 0.25) is 0 Å². The van der Waals surface area contributed by atoms with Crippen molar-refractivity contribution >= 4 is 11.8 Å². The lowest BCUT2D eigenvalue weighted by atomic mass is 9.74. The highest BCUT2D eigenvalue weighted by molar-refractivity contribution is 5.84. The van der Waals surface area contributed by atoms with E-state index in [9.17, 15) is 4.79 Å². The number of fused-ring (bicyclic) bond motifs is 3. The van der Waals surface area contributed by atoms with Gasteiger partial charge in [-0.05, 0) is 55.6 Å². The first-order chi connectivity index (χ1) is 14.7. The van der Waals surface area contributed by atoms with Gasteiger partial charge in [-0.3, -0.25) is 14.9 Å². The van der Waals surface area contributed by atoms with Crippen LogP contribution in [0, 0.1) is 5.92 Å². The normalized spacial score (nSPS) is 25.2. The molecule has 7 heteroatoms. The fourth-order valence-corrected chi connectivity index (χ4v) is 4.87. The first-order valence-electron chi connectivity index (χ1n) is 10.5. The molecule has 0 spiro atoms. The van der Waals surface area contributed by atoms with E-state index in [2.05, 4.69) is 21.4 Å². The number of hydrogen-bond acceptors (Lipinski definition) is 5. The molecule has 3 aliphatic heterocycles. The summed E-state index contributed by atoms with van der Waals surface area (Å²) in [7, 11) is 2.01. The Morgan fingerprint density at radius 2 is 2.13 bits per heavy atom. The number of nitrogens with one attached hydrogen (secondary N) is 1. The number of ether oxygens (including phenoxy) is 1. The van der Waals surface area contributed by atoms with E-state index in [0.717, 1.165) is 36.7 Å². The predicted molar refractivity (Wildman–Crippen MR) is 113 cm³/mol. The smallest absolute Gasteiger partial charge is 0.411 e. The Kier molecular flexibility index (Phi) is 5.04. The molecule has 2 aromatic heterocycles. The Hall–Kier alpha value is -3.06. The zero-order valence-corrected chi connectivity index (χ0v) is 17.0. The van der Waals surface area contributed by atoms with Crippen LogP contribution >= 0.6 is 0 Å². The van der Waals surface area contributed by atoms with Crippen molar-refractivity contribution in [2.24, 2.45) is 13.0 Å². The van der Waals surface area contributed by atoms with Gasteiger partial charge < -0.3 is 9.15 Å². The highest BCUT2D eigenvalue weighted by Gasteiger charge is 2.42. The third-order valence-electron chi connectivity index (χ3n) is 6.38. The molecular weight excluding hydrogens is 380 g/mol. The van der Waals surface area contributed by atoms with Crippen molar-refractivity contribution in [1.29, 1.82) is 0 Å². The molecule has 1 N–H and O–H groups in total. The summed E-state index contributed by atoms with van der Waals surface area (Å²) in [5.74, 6) is 1.81. The fraction of sp³-hybridized carbons (Fsp3) is 0.391. The number of benzene rings is 1. The predicted octanol–water partition coefficient (Wildman–Crippen LogP) is 4.11. The number of carbonyl (C=O) groups is 1. The van der Waals surface area contributed by atoms with Gasteiger partial charge in [0.1, 0.15) is 12.3 Å². The highest BCUT2D eigenvalue weighted by Crippen LogP contribution is 2.42. The number of nitrogens with zero attached hydrogens (tertiary/aromatic N) is 3. The Labute approximate surface area is 175 Å². The number of amides is 1. The van der Waals surface area contributed by atoms with E-state index >= 15 is 0 Å². The molecule has 156 valence electrons. The lowest BCUT2D eigenvalue weighted by Gasteiger charge is -2.49. The second-order valence-corrected chi connectivity index (χ2v) is 8.18. The van der Waals surface area contributed by atoms with Crippen LogP contribution in [0.4, 0.5) is 10.5 Å². The fourth-order valence-electron chi connectivity index (χ4n) is 4.87. The van der Waals surface area contributed by atoms with Crippen molar-refractivity contribution in [3.8, 4) is 11.5 Å². The van der Waals surface area contributed by atoms with Crippen LogP contribution in [0.15, 0.2) is 59.2 Å². The summed E-state index contributed by atoms with van der Waals surface area (Å²) >= 11 is 0. The molecule has 3 saturated heterocycles. The number of carbonyl (C=O) groups excluding carboxylic acids is 1. The second kappa shape index (κ2) is 7.99. The second-order valence-electron chi connectivity index (χ2n) is 8.18. The van der Waals surface area contributed by atoms with Gasteiger partial charge >= 0.3 is 6.09 Å². The number of piperidine rings is 3. The van der Waals surface area contributed by atoms with Crippen molar-refractivity contribution in [2.75, 3.05) is 25.0 Å². The summed E-state index contributed by atoms with van der Waals surface area (Å²) in [5, 5.41) is 7.44. The lowest BCUT2D eigenvalue weighted by molar-refractivity contribution is -0.00222. The van der Waals surface area contributed by atoms with Crippen LogP contribution < -0.4 is 5.32 Å². The summed E-state index contributed by atoms with van der Waals surface area (Å²) in [4.78, 5) is 14.6. The van der Waals surface area contributed by atoms with Gasteiger partial charge in [0.2, 0.25) is 0 Å². The van der Waals surface area contributed by atoms with Crippen molar-refractivity contribution in [3.05, 3.63) is 60.5 Å². The van der Waals surface area contributed by atoms with Crippen LogP contribution in [-0.4, -0.2) is 46.5 Å². The van der Waals surface area contributed by atoms with E-state index in [1.165, 1.54) is 12.1 Å². The van der Waals surface area contributed by atoms with Crippen LogP contribution in [0.25, 0.3) is 11.5 Å². The summed E-state index contributed by atoms with van der Waals surface area (Å²) in [6.45, 7) is 2.44. The molecule has 1 amide bonds. The minimum atomic E-state index is -0.393. The van der Waals surface area contributed by atoms with Crippen LogP contribution in [0.1, 0.15) is 24.5 Å². The van der Waals surface area contributed by atoms with E-state index < -0.39 is 6.09 Å². The highest BCUT2D eigenvalue weighted by atomic mass is 16.5. The van der Waals surface area contributed by atoms with E-state index in [1.807, 2.05) is 54.2 Å². The third kappa shape index (κ3) is 3.73. The summed E-state index contributed by atoms with van der Waals surface area (Å²) in [6.07, 6.45) is 3.48. The molecule has 3 fully saturated rings. The number of para-hydroxylation sites is 1. The average Bonchev–Trinajstić information content (AvgIpc) is 3.43. The van der Waals surface area contributed by atoms with Gasteiger partial charge in [0.25, 0.3) is 0 Å². The first-order valence-corrected chi connectivity index (χ1v) is 10.5. The van der Waals surface area contributed by atoms with Gasteiger partial charge in [-0.2, -0.15) is 5.10 Å². The van der Waals surface area contributed by atoms with Crippen LogP contribution in [0.3, 0.4) is 0 Å². The monoisotopic (exact) mass is 406 g/mol. The van der Waals surface area contributed by atoms with Gasteiger partial charge in [-0.1, -0.05) is 18.2 Å². The topological polar surface area (TPSA) is 72.5 Å². The van der Waals surface area contributed by atoms with Crippen molar-refractivity contribution in [2.45, 2.75) is 24.8 Å². The molecule has 4 atom stereocenters. The Morgan fingerprint density at radius 3 is 2.87 bits per heavy atom. The maximum atomic E-state index is 12.1. The summed E-state index contributed by atoms with van der Waals surface area (Å²) in [5.41, 5.74) is 2.88. The largest absolute Gasteiger partial charge is 0.463 e. The van der Waals surface area contributed by atoms with Crippen molar-refractivity contribution < 1.29 is 13.9 Å². The van der Waals surface area contributed by atoms with E-state index in [-0.39, 0.29) is 6.04 Å². The molecule has 0 radical (unpaired) electrons. The standard InChI is InChI=1S/C23H26N4O3/c1-26-21(13-20(25-26)22-8-5-11-29-22)19-14-27-10-9-16(19)12-18(27)15-30-23(28)24-17-6-3-2-4-7-17/h2-8,11,13,16,18-19H,9-10,12,14-15H2,1H3,(H,24,28). The number of aryl methyl sites for hydroxylation is 1. The molecule has 0 aliphatic carbocycles. The molecule has 6 rings (SSSR count). The SMILES string of the molecule is Cn1nc(-c2ccco2)cc1C1CN2CCC1CC2COC(=O)Nc1ccccc1. The third-order valence-corrected chi connectivity index (χ3v) is 6.38. The first kappa shape index (κ1) is 18.9. The minimum absolute atomic E-state index is 0.277. The molecule has 30 heavy (non-hydrogen) atoms. The van der Waals surface area contributed by atoms with E-state index in [4.69, 9.17) is 9.15 Å². The van der Waals surface area contributed by atoms with Gasteiger partial charge in [-0.15, -0.1) is 0 Å². The molecule has 5 heterocycles. The average molecular weight is 406 g/mol. The molecule has 2 bridgehead atoms. The summed E-state index contributed by atoms with van der Waals surface area (Å²) < 4.78 is 13.0. The number of rotatable bonds is 5. The Balaban J connectivity index is 1.21. The number of anilines is 1. The van der Waals surface area contributed by atoms with Gasteiger partial charge in [0.15, 0.2) is 5.76 Å². The van der Waals surface area contributed by atoms with Gasteiger partial charge in [-0.25, -0.2) is 4.79 Å². The number of aromatic nitrogens is 2. The lowest BCUT2D eigenvalue weighted by Crippen LogP contribution is -2.54. The molecular formula is C23H26N4O3. The maximum Gasteiger partial charge on any atom is 0.411 e. The zero-order valence-electron chi connectivity index (χ0n) is 17.0. The summed E-state index contributed by atoms with van der Waals surface area (Å²) in [6, 6.07) is 15.6.